The van der Waals surface area contributed by atoms with Crippen LogP contribution < -0.4 is 5.73 Å². The van der Waals surface area contributed by atoms with E-state index in [2.05, 4.69) is 12.0 Å². The minimum Gasteiger partial charge on any atom is -0.379 e. The van der Waals surface area contributed by atoms with Crippen LogP contribution >= 0.6 is 0 Å². The number of ether oxygens (including phenoxy) is 3. The molecule has 20 heavy (non-hydrogen) atoms. The maximum atomic E-state index is 5.51. The molecule has 0 radical (unpaired) electrons. The molecule has 0 amide bonds. The molecule has 0 unspecified atom stereocenters. The molecule has 0 atom stereocenters. The van der Waals surface area contributed by atoms with Gasteiger partial charge in [-0.05, 0) is 6.42 Å². The van der Waals surface area contributed by atoms with Crippen molar-refractivity contribution in [1.29, 1.82) is 0 Å². The average Bonchev–Trinajstić information content (AvgIpc) is 2.93. The zero-order chi connectivity index (χ0) is 14.5. The fourth-order valence-corrected chi connectivity index (χ4v) is 1.58. The van der Waals surface area contributed by atoms with E-state index in [1.165, 1.54) is 0 Å². The van der Waals surface area contributed by atoms with Gasteiger partial charge in [-0.25, -0.2) is 0 Å². The second-order valence-electron chi connectivity index (χ2n) is 4.51. The van der Waals surface area contributed by atoms with Crippen molar-refractivity contribution < 1.29 is 14.2 Å². The SMILES string of the molecule is CCCCOCCOCCOCCn1cc(CN)cn1. The monoisotopic (exact) mass is 285 g/mol. The van der Waals surface area contributed by atoms with Gasteiger partial charge in [0.05, 0.1) is 45.8 Å². The Bertz CT molecular complexity index is 331. The van der Waals surface area contributed by atoms with Gasteiger partial charge >= 0.3 is 0 Å². The van der Waals surface area contributed by atoms with Crippen LogP contribution in [0.4, 0.5) is 0 Å². The summed E-state index contributed by atoms with van der Waals surface area (Å²) in [6.45, 7) is 7.35. The normalized spacial score (nSPS) is 11.1. The van der Waals surface area contributed by atoms with E-state index in [-0.39, 0.29) is 0 Å². The Balaban J connectivity index is 1.83. The number of unbranched alkanes of at least 4 members (excludes halogenated alkanes) is 1. The highest BCUT2D eigenvalue weighted by Crippen LogP contribution is 1.95. The van der Waals surface area contributed by atoms with Gasteiger partial charge in [0.15, 0.2) is 0 Å². The first-order chi connectivity index (χ1) is 9.86. The van der Waals surface area contributed by atoms with Crippen LogP contribution in [0.15, 0.2) is 12.4 Å². The van der Waals surface area contributed by atoms with E-state index in [4.69, 9.17) is 19.9 Å². The molecule has 0 aromatic carbocycles. The molecule has 1 aromatic rings. The second kappa shape index (κ2) is 11.8. The van der Waals surface area contributed by atoms with E-state index in [0.717, 1.165) is 31.6 Å². The lowest BCUT2D eigenvalue weighted by Crippen LogP contribution is -2.12. The highest BCUT2D eigenvalue weighted by Gasteiger charge is 1.96. The molecular weight excluding hydrogens is 258 g/mol. The molecule has 1 heterocycles. The minimum absolute atomic E-state index is 0.523. The van der Waals surface area contributed by atoms with Gasteiger partial charge in [0.2, 0.25) is 0 Å². The van der Waals surface area contributed by atoms with Gasteiger partial charge < -0.3 is 19.9 Å². The van der Waals surface area contributed by atoms with Crippen LogP contribution in [0.2, 0.25) is 0 Å². The molecule has 116 valence electrons. The summed E-state index contributed by atoms with van der Waals surface area (Å²) in [6.07, 6.45) is 6.00. The second-order valence-corrected chi connectivity index (χ2v) is 4.51. The molecule has 2 N–H and O–H groups in total. The summed E-state index contributed by atoms with van der Waals surface area (Å²) in [5, 5.41) is 4.18. The Morgan fingerprint density at radius 2 is 1.70 bits per heavy atom. The number of hydrogen-bond donors (Lipinski definition) is 1. The Labute approximate surface area is 121 Å². The molecular formula is C14H27N3O3. The quantitative estimate of drug-likeness (QED) is 0.551. The van der Waals surface area contributed by atoms with E-state index >= 15 is 0 Å². The highest BCUT2D eigenvalue weighted by molar-refractivity contribution is 5.02. The van der Waals surface area contributed by atoms with E-state index in [0.29, 0.717) is 39.6 Å². The predicted octanol–water partition coefficient (Wildman–Crippen LogP) is 1.19. The maximum Gasteiger partial charge on any atom is 0.0701 e. The van der Waals surface area contributed by atoms with Crippen molar-refractivity contribution in [3.63, 3.8) is 0 Å². The topological polar surface area (TPSA) is 71.5 Å². The number of nitrogens with two attached hydrogens (primary N) is 1. The van der Waals surface area contributed by atoms with Crippen LogP contribution in [0.1, 0.15) is 25.3 Å². The summed E-state index contributed by atoms with van der Waals surface area (Å²) in [6, 6.07) is 0. The Hall–Kier alpha value is -0.950. The van der Waals surface area contributed by atoms with Crippen molar-refractivity contribution in [2.75, 3.05) is 39.6 Å². The van der Waals surface area contributed by atoms with Crippen molar-refractivity contribution in [2.24, 2.45) is 5.73 Å². The zero-order valence-corrected chi connectivity index (χ0v) is 12.4. The molecule has 0 fully saturated rings. The number of rotatable bonds is 13. The highest BCUT2D eigenvalue weighted by atomic mass is 16.5. The number of nitrogens with zero attached hydrogens (tertiary/aromatic N) is 2. The Morgan fingerprint density at radius 3 is 2.30 bits per heavy atom. The van der Waals surface area contributed by atoms with Crippen LogP contribution in [-0.2, 0) is 27.3 Å². The molecule has 0 aliphatic heterocycles. The summed E-state index contributed by atoms with van der Waals surface area (Å²) >= 11 is 0. The Morgan fingerprint density at radius 1 is 1.05 bits per heavy atom. The predicted molar refractivity (Wildman–Crippen MR) is 77.5 cm³/mol. The minimum atomic E-state index is 0.523. The molecule has 1 rings (SSSR count). The van der Waals surface area contributed by atoms with E-state index in [1.807, 2.05) is 10.9 Å². The van der Waals surface area contributed by atoms with Gasteiger partial charge in [0, 0.05) is 24.9 Å². The number of hydrogen-bond acceptors (Lipinski definition) is 5. The van der Waals surface area contributed by atoms with E-state index < -0.39 is 0 Å². The molecule has 0 bridgehead atoms. The molecule has 0 saturated carbocycles. The van der Waals surface area contributed by atoms with Crippen molar-refractivity contribution >= 4 is 0 Å². The van der Waals surface area contributed by atoms with Crippen LogP contribution in [0.3, 0.4) is 0 Å². The van der Waals surface area contributed by atoms with E-state index in [1.54, 1.807) is 6.20 Å². The first-order valence-corrected chi connectivity index (χ1v) is 7.31. The van der Waals surface area contributed by atoms with Crippen LogP contribution in [0, 0.1) is 0 Å². The van der Waals surface area contributed by atoms with Gasteiger partial charge in [-0.1, -0.05) is 13.3 Å². The van der Waals surface area contributed by atoms with Crippen LogP contribution in [-0.4, -0.2) is 49.4 Å². The van der Waals surface area contributed by atoms with Gasteiger partial charge in [0.1, 0.15) is 0 Å². The molecule has 0 aliphatic rings. The lowest BCUT2D eigenvalue weighted by Gasteiger charge is -2.06. The van der Waals surface area contributed by atoms with Crippen molar-refractivity contribution in [2.45, 2.75) is 32.9 Å². The van der Waals surface area contributed by atoms with E-state index in [9.17, 15) is 0 Å². The lowest BCUT2D eigenvalue weighted by atomic mass is 10.4. The van der Waals surface area contributed by atoms with Gasteiger partial charge in [-0.2, -0.15) is 5.10 Å². The fourth-order valence-electron chi connectivity index (χ4n) is 1.58. The third kappa shape index (κ3) is 8.27. The molecule has 1 aromatic heterocycles. The smallest absolute Gasteiger partial charge is 0.0701 e. The third-order valence-electron chi connectivity index (χ3n) is 2.77. The fraction of sp³-hybridized carbons (Fsp3) is 0.786. The van der Waals surface area contributed by atoms with Gasteiger partial charge in [-0.15, -0.1) is 0 Å². The first kappa shape index (κ1) is 17.1. The average molecular weight is 285 g/mol. The van der Waals surface area contributed by atoms with Crippen molar-refractivity contribution in [1.82, 2.24) is 9.78 Å². The molecule has 6 heteroatoms. The standard InChI is InChI=1S/C14H27N3O3/c1-2-3-5-18-7-9-20-10-8-19-6-4-17-13-14(11-15)12-16-17/h12-13H,2-11,15H2,1H3. The van der Waals surface area contributed by atoms with Gasteiger partial charge in [-0.3, -0.25) is 4.68 Å². The summed E-state index contributed by atoms with van der Waals surface area (Å²) in [5.41, 5.74) is 6.55. The van der Waals surface area contributed by atoms with Crippen LogP contribution in [0.5, 0.6) is 0 Å². The summed E-state index contributed by atoms with van der Waals surface area (Å²) < 4.78 is 18.1. The lowest BCUT2D eigenvalue weighted by molar-refractivity contribution is 0.0123. The molecule has 6 nitrogen and oxygen atoms in total. The van der Waals surface area contributed by atoms with Crippen LogP contribution in [0.25, 0.3) is 0 Å². The summed E-state index contributed by atoms with van der Waals surface area (Å²) in [5.74, 6) is 0. The van der Waals surface area contributed by atoms with Crippen molar-refractivity contribution in [3.05, 3.63) is 18.0 Å². The largest absolute Gasteiger partial charge is 0.379 e. The molecule has 0 aliphatic carbocycles. The third-order valence-corrected chi connectivity index (χ3v) is 2.77. The molecule has 0 spiro atoms. The Kier molecular flexibility index (Phi) is 10.1. The first-order valence-electron chi connectivity index (χ1n) is 7.31. The maximum absolute atomic E-state index is 5.51. The van der Waals surface area contributed by atoms with Gasteiger partial charge in [0.25, 0.3) is 0 Å². The molecule has 0 saturated heterocycles. The van der Waals surface area contributed by atoms with Crippen molar-refractivity contribution in [3.8, 4) is 0 Å². The number of aromatic nitrogens is 2. The summed E-state index contributed by atoms with van der Waals surface area (Å²) in [7, 11) is 0. The summed E-state index contributed by atoms with van der Waals surface area (Å²) in [4.78, 5) is 0. The zero-order valence-electron chi connectivity index (χ0n) is 12.4.